The minimum Gasteiger partial charge on any atom is -0.484 e. The molecule has 1 aliphatic heterocycles. The van der Waals surface area contributed by atoms with Gasteiger partial charge in [-0.1, -0.05) is 22.9 Å². The molecule has 1 atom stereocenters. The maximum absolute atomic E-state index is 12.4. The van der Waals surface area contributed by atoms with Gasteiger partial charge in [-0.05, 0) is 38.3 Å². The predicted molar refractivity (Wildman–Crippen MR) is 94.6 cm³/mol. The van der Waals surface area contributed by atoms with E-state index in [4.69, 9.17) is 14.0 Å². The quantitative estimate of drug-likeness (QED) is 0.756. The third-order valence-corrected chi connectivity index (χ3v) is 4.51. The number of benzene rings is 1. The van der Waals surface area contributed by atoms with Crippen molar-refractivity contribution in [3.8, 4) is 5.75 Å². The molecule has 7 nitrogen and oxygen atoms in total. The van der Waals surface area contributed by atoms with Gasteiger partial charge in [-0.25, -0.2) is 0 Å². The van der Waals surface area contributed by atoms with Crippen LogP contribution in [0.2, 0.25) is 0 Å². The molecular formula is C19H25N3O4. The van der Waals surface area contributed by atoms with Gasteiger partial charge in [0.25, 0.3) is 5.89 Å². The summed E-state index contributed by atoms with van der Waals surface area (Å²) in [5.74, 6) is 1.79. The van der Waals surface area contributed by atoms with Gasteiger partial charge in [0.05, 0.1) is 19.1 Å². The highest BCUT2D eigenvalue weighted by atomic mass is 16.5. The molecule has 1 saturated heterocycles. The number of methoxy groups -OCH3 is 1. The molecule has 2 aromatic rings. The van der Waals surface area contributed by atoms with Gasteiger partial charge in [-0.15, -0.1) is 0 Å². The Morgan fingerprint density at radius 1 is 1.31 bits per heavy atom. The maximum Gasteiger partial charge on any atom is 0.264 e. The van der Waals surface area contributed by atoms with Crippen molar-refractivity contribution in [2.75, 3.05) is 20.3 Å². The van der Waals surface area contributed by atoms with Crippen LogP contribution in [0.15, 0.2) is 28.8 Å². The summed E-state index contributed by atoms with van der Waals surface area (Å²) < 4.78 is 16.0. The van der Waals surface area contributed by atoms with E-state index in [1.54, 1.807) is 7.11 Å². The molecule has 1 amide bonds. The molecule has 1 unspecified atom stereocenters. The molecular weight excluding hydrogens is 334 g/mol. The number of hydrogen-bond donors (Lipinski definition) is 0. The molecule has 0 bridgehead atoms. The lowest BCUT2D eigenvalue weighted by molar-refractivity contribution is -0.136. The summed E-state index contributed by atoms with van der Waals surface area (Å²) in [4.78, 5) is 18.7. The molecule has 1 fully saturated rings. The minimum absolute atomic E-state index is 0.0683. The summed E-state index contributed by atoms with van der Waals surface area (Å²) in [6.45, 7) is 3.37. The van der Waals surface area contributed by atoms with Crippen LogP contribution in [0.4, 0.5) is 0 Å². The number of carbonyl (C=O) groups excluding carboxylic acids is 1. The van der Waals surface area contributed by atoms with Gasteiger partial charge in [-0.2, -0.15) is 4.98 Å². The van der Waals surface area contributed by atoms with Gasteiger partial charge >= 0.3 is 0 Å². The number of rotatable bonds is 7. The van der Waals surface area contributed by atoms with Crippen LogP contribution >= 0.6 is 0 Å². The Labute approximate surface area is 153 Å². The predicted octanol–water partition coefficient (Wildman–Crippen LogP) is 3.05. The van der Waals surface area contributed by atoms with E-state index in [0.717, 1.165) is 31.6 Å². The zero-order valence-electron chi connectivity index (χ0n) is 15.3. The molecule has 0 aliphatic carbocycles. The van der Waals surface area contributed by atoms with Crippen molar-refractivity contribution in [2.45, 2.75) is 45.3 Å². The van der Waals surface area contributed by atoms with Gasteiger partial charge < -0.3 is 18.9 Å². The number of amides is 1. The number of ether oxygens (including phenoxy) is 2. The number of nitrogens with zero attached hydrogens (tertiary/aromatic N) is 3. The highest BCUT2D eigenvalue weighted by molar-refractivity contribution is 5.76. The van der Waals surface area contributed by atoms with Crippen LogP contribution in [0.5, 0.6) is 5.75 Å². The SMILES string of the molecule is COCCC(=O)N1CCCCC1c1noc(COc2ccc(C)cc2)n1. The third kappa shape index (κ3) is 4.60. The first-order valence-electron chi connectivity index (χ1n) is 8.97. The Morgan fingerprint density at radius 2 is 2.12 bits per heavy atom. The van der Waals surface area contributed by atoms with Crippen LogP contribution in [0, 0.1) is 6.92 Å². The van der Waals surface area contributed by atoms with Crippen LogP contribution < -0.4 is 4.74 Å². The molecule has 2 heterocycles. The fourth-order valence-corrected chi connectivity index (χ4v) is 3.07. The third-order valence-electron chi connectivity index (χ3n) is 4.51. The highest BCUT2D eigenvalue weighted by Crippen LogP contribution is 2.29. The van der Waals surface area contributed by atoms with E-state index in [9.17, 15) is 4.79 Å². The number of piperidine rings is 1. The van der Waals surface area contributed by atoms with E-state index in [1.807, 2.05) is 36.1 Å². The number of likely N-dealkylation sites (tertiary alicyclic amines) is 1. The largest absolute Gasteiger partial charge is 0.484 e. The van der Waals surface area contributed by atoms with Crippen molar-refractivity contribution >= 4 is 5.91 Å². The normalized spacial score (nSPS) is 17.3. The van der Waals surface area contributed by atoms with E-state index < -0.39 is 0 Å². The van der Waals surface area contributed by atoms with E-state index >= 15 is 0 Å². The lowest BCUT2D eigenvalue weighted by Crippen LogP contribution is -2.39. The second kappa shape index (κ2) is 8.80. The number of aryl methyl sites for hydroxylation is 1. The fourth-order valence-electron chi connectivity index (χ4n) is 3.07. The van der Waals surface area contributed by atoms with Crippen molar-refractivity contribution in [3.05, 3.63) is 41.5 Å². The molecule has 0 saturated carbocycles. The summed E-state index contributed by atoms with van der Waals surface area (Å²) in [5.41, 5.74) is 1.17. The first kappa shape index (κ1) is 18.4. The lowest BCUT2D eigenvalue weighted by atomic mass is 10.0. The van der Waals surface area contributed by atoms with Crippen molar-refractivity contribution < 1.29 is 18.8 Å². The van der Waals surface area contributed by atoms with Crippen LogP contribution in [0.3, 0.4) is 0 Å². The molecule has 0 spiro atoms. The van der Waals surface area contributed by atoms with Crippen LogP contribution in [-0.2, 0) is 16.1 Å². The van der Waals surface area contributed by atoms with Gasteiger partial charge in [0, 0.05) is 13.7 Å². The summed E-state index contributed by atoms with van der Waals surface area (Å²) >= 11 is 0. The van der Waals surface area contributed by atoms with Gasteiger partial charge in [-0.3, -0.25) is 4.79 Å². The zero-order valence-corrected chi connectivity index (χ0v) is 15.3. The van der Waals surface area contributed by atoms with Gasteiger partial charge in [0.15, 0.2) is 12.4 Å². The molecule has 1 aromatic carbocycles. The Hall–Kier alpha value is -2.41. The fraction of sp³-hybridized carbons (Fsp3) is 0.526. The Morgan fingerprint density at radius 3 is 2.88 bits per heavy atom. The first-order chi connectivity index (χ1) is 12.7. The standard InChI is InChI=1S/C19H25N3O4/c1-14-6-8-15(9-7-14)25-13-17-20-19(21-26-17)16-5-3-4-11-22(16)18(23)10-12-24-2/h6-9,16H,3-5,10-13H2,1-2H3. The molecule has 7 heteroatoms. The minimum atomic E-state index is -0.134. The van der Waals surface area contributed by atoms with Crippen molar-refractivity contribution in [3.63, 3.8) is 0 Å². The average molecular weight is 359 g/mol. The van der Waals surface area contributed by atoms with E-state index in [1.165, 1.54) is 5.56 Å². The molecule has 0 radical (unpaired) electrons. The Balaban J connectivity index is 1.63. The highest BCUT2D eigenvalue weighted by Gasteiger charge is 2.31. The van der Waals surface area contributed by atoms with Gasteiger partial charge in [0.1, 0.15) is 5.75 Å². The van der Waals surface area contributed by atoms with Crippen molar-refractivity contribution in [1.82, 2.24) is 15.0 Å². The first-order valence-corrected chi connectivity index (χ1v) is 8.97. The topological polar surface area (TPSA) is 77.7 Å². The molecule has 26 heavy (non-hydrogen) atoms. The Kier molecular flexibility index (Phi) is 6.22. The number of hydrogen-bond acceptors (Lipinski definition) is 6. The molecule has 140 valence electrons. The lowest BCUT2D eigenvalue weighted by Gasteiger charge is -2.33. The molecule has 1 aliphatic rings. The summed E-state index contributed by atoms with van der Waals surface area (Å²) in [6, 6.07) is 7.65. The van der Waals surface area contributed by atoms with Crippen LogP contribution in [-0.4, -0.2) is 41.2 Å². The maximum atomic E-state index is 12.4. The Bertz CT molecular complexity index is 714. The number of carbonyl (C=O) groups is 1. The van der Waals surface area contributed by atoms with Crippen molar-refractivity contribution in [2.24, 2.45) is 0 Å². The monoisotopic (exact) mass is 359 g/mol. The number of aromatic nitrogens is 2. The van der Waals surface area contributed by atoms with E-state index in [-0.39, 0.29) is 18.6 Å². The second-order valence-corrected chi connectivity index (χ2v) is 6.49. The summed E-state index contributed by atoms with van der Waals surface area (Å²) in [7, 11) is 1.60. The van der Waals surface area contributed by atoms with E-state index in [0.29, 0.717) is 24.7 Å². The zero-order chi connectivity index (χ0) is 18.4. The summed E-state index contributed by atoms with van der Waals surface area (Å²) in [5, 5.41) is 4.09. The van der Waals surface area contributed by atoms with Crippen LogP contribution in [0.1, 0.15) is 49.0 Å². The average Bonchev–Trinajstić information content (AvgIpc) is 3.14. The molecule has 3 rings (SSSR count). The molecule has 0 N–H and O–H groups in total. The van der Waals surface area contributed by atoms with E-state index in [2.05, 4.69) is 10.1 Å². The smallest absolute Gasteiger partial charge is 0.264 e. The molecule has 1 aromatic heterocycles. The van der Waals surface area contributed by atoms with Crippen LogP contribution in [0.25, 0.3) is 0 Å². The second-order valence-electron chi connectivity index (χ2n) is 6.49. The summed E-state index contributed by atoms with van der Waals surface area (Å²) in [6.07, 6.45) is 3.25. The van der Waals surface area contributed by atoms with Crippen molar-refractivity contribution in [1.29, 1.82) is 0 Å². The van der Waals surface area contributed by atoms with Gasteiger partial charge in [0.2, 0.25) is 5.91 Å².